The van der Waals surface area contributed by atoms with Gasteiger partial charge in [0.1, 0.15) is 11.2 Å². The van der Waals surface area contributed by atoms with Crippen LogP contribution in [0.3, 0.4) is 0 Å². The Labute approximate surface area is 430 Å². The standard InChI is InChI=1S/C70H52N2O2/c1-43-30-34-50(45-18-8-6-9-19-45)60(38-43)71(58-26-16-24-54-52-22-12-14-28-64(52)73-68(54)58)62-42-63(57-37-33-48-41-49(70(3,4)5)40-47-32-36-56(62)67(57)66(47)48)72(61-39-44(2)31-35-51(61)46-20-10-7-11-21-46)59-27-17-25-55-53-23-13-15-29-65(53)74-69(55)59/h6-42H,1-5H3. The van der Waals surface area contributed by atoms with Crippen LogP contribution in [0.1, 0.15) is 37.5 Å². The van der Waals surface area contributed by atoms with Crippen LogP contribution in [0.25, 0.3) is 98.4 Å². The van der Waals surface area contributed by atoms with Crippen LogP contribution in [-0.4, -0.2) is 0 Å². The monoisotopic (exact) mass is 952 g/mol. The molecule has 0 saturated carbocycles. The lowest BCUT2D eigenvalue weighted by Gasteiger charge is -2.34. The van der Waals surface area contributed by atoms with E-state index in [9.17, 15) is 0 Å². The van der Waals surface area contributed by atoms with Crippen LogP contribution in [0, 0.1) is 13.8 Å². The third-order valence-electron chi connectivity index (χ3n) is 15.2. The van der Waals surface area contributed by atoms with Crippen molar-refractivity contribution in [2.45, 2.75) is 40.0 Å². The molecule has 354 valence electrons. The summed E-state index contributed by atoms with van der Waals surface area (Å²) in [5, 5.41) is 11.4. The summed E-state index contributed by atoms with van der Waals surface area (Å²) in [6, 6.07) is 82.0. The maximum atomic E-state index is 7.06. The molecule has 2 aromatic heterocycles. The largest absolute Gasteiger partial charge is 0.454 e. The maximum Gasteiger partial charge on any atom is 0.159 e. The molecule has 74 heavy (non-hydrogen) atoms. The molecule has 0 unspecified atom stereocenters. The number of aryl methyl sites for hydroxylation is 2. The van der Waals surface area contributed by atoms with Gasteiger partial charge in [0.2, 0.25) is 0 Å². The van der Waals surface area contributed by atoms with Crippen molar-refractivity contribution in [3.8, 4) is 22.3 Å². The van der Waals surface area contributed by atoms with Crippen molar-refractivity contribution in [1.82, 2.24) is 0 Å². The number of nitrogens with zero attached hydrogens (tertiary/aromatic N) is 2. The Bertz CT molecular complexity index is 4220. The van der Waals surface area contributed by atoms with Crippen molar-refractivity contribution in [2.75, 3.05) is 9.80 Å². The highest BCUT2D eigenvalue weighted by molar-refractivity contribution is 6.30. The molecule has 4 nitrogen and oxygen atoms in total. The predicted molar refractivity (Wildman–Crippen MR) is 313 cm³/mol. The van der Waals surface area contributed by atoms with Crippen molar-refractivity contribution < 1.29 is 8.83 Å². The summed E-state index contributed by atoms with van der Waals surface area (Å²) < 4.78 is 14.1. The Hall–Kier alpha value is -9.12. The van der Waals surface area contributed by atoms with Gasteiger partial charge in [-0.05, 0) is 106 Å². The highest BCUT2D eigenvalue weighted by Gasteiger charge is 2.31. The lowest BCUT2D eigenvalue weighted by Crippen LogP contribution is -2.16. The van der Waals surface area contributed by atoms with Crippen LogP contribution in [0.15, 0.2) is 233 Å². The second kappa shape index (κ2) is 16.7. The van der Waals surface area contributed by atoms with Crippen molar-refractivity contribution in [1.29, 1.82) is 0 Å². The van der Waals surface area contributed by atoms with E-state index in [2.05, 4.69) is 269 Å². The number of anilines is 6. The molecule has 0 atom stereocenters. The smallest absolute Gasteiger partial charge is 0.159 e. The zero-order valence-electron chi connectivity index (χ0n) is 42.1. The summed E-state index contributed by atoms with van der Waals surface area (Å²) in [7, 11) is 0. The van der Waals surface area contributed by atoms with Crippen LogP contribution >= 0.6 is 0 Å². The molecule has 14 aromatic rings. The summed E-state index contributed by atoms with van der Waals surface area (Å²) in [6.07, 6.45) is 0. The first-order valence-electron chi connectivity index (χ1n) is 25.7. The highest BCUT2D eigenvalue weighted by Crippen LogP contribution is 2.55. The minimum Gasteiger partial charge on any atom is -0.454 e. The fourth-order valence-electron chi connectivity index (χ4n) is 11.7. The normalized spacial score (nSPS) is 12.1. The molecular formula is C70H52N2O2. The SMILES string of the molecule is Cc1ccc(-c2ccccc2)c(N(c2cc(N(c3cc(C)ccc3-c3ccccc3)c3cccc4c3oc3ccccc34)c3ccc4cc(C(C)(C)C)cc5ccc2c3c54)c2cccc3c2oc2ccccc23)c1. The summed E-state index contributed by atoms with van der Waals surface area (Å²) in [5.74, 6) is 0. The minimum absolute atomic E-state index is 0.0527. The fourth-order valence-corrected chi connectivity index (χ4v) is 11.7. The molecule has 0 radical (unpaired) electrons. The number of hydrogen-bond donors (Lipinski definition) is 0. The average Bonchev–Trinajstić information content (AvgIpc) is 4.07. The number of benzene rings is 12. The van der Waals surface area contributed by atoms with Gasteiger partial charge in [-0.3, -0.25) is 0 Å². The third-order valence-corrected chi connectivity index (χ3v) is 15.2. The summed E-state index contributed by atoms with van der Waals surface area (Å²) in [4.78, 5) is 4.98. The quantitative estimate of drug-likeness (QED) is 0.142. The van der Waals surface area contributed by atoms with Gasteiger partial charge in [-0.2, -0.15) is 0 Å². The van der Waals surface area contributed by atoms with Crippen molar-refractivity contribution in [2.24, 2.45) is 0 Å². The molecule has 0 amide bonds. The summed E-state index contributed by atoms with van der Waals surface area (Å²) in [5.41, 5.74) is 17.4. The molecule has 0 aliphatic carbocycles. The molecule has 4 heteroatoms. The van der Waals surface area contributed by atoms with Gasteiger partial charge < -0.3 is 18.6 Å². The van der Waals surface area contributed by atoms with Crippen LogP contribution in [-0.2, 0) is 5.41 Å². The first-order chi connectivity index (χ1) is 36.2. The van der Waals surface area contributed by atoms with E-state index in [1.54, 1.807) is 0 Å². The summed E-state index contributed by atoms with van der Waals surface area (Å²) >= 11 is 0. The Kier molecular flexibility index (Phi) is 9.87. The highest BCUT2D eigenvalue weighted by atomic mass is 16.3. The van der Waals surface area contributed by atoms with Gasteiger partial charge in [-0.15, -0.1) is 0 Å². The molecule has 0 N–H and O–H groups in total. The average molecular weight is 953 g/mol. The lowest BCUT2D eigenvalue weighted by molar-refractivity contribution is 0.591. The minimum atomic E-state index is -0.0527. The second-order valence-electron chi connectivity index (χ2n) is 21.0. The lowest BCUT2D eigenvalue weighted by atomic mass is 9.83. The molecule has 0 saturated heterocycles. The van der Waals surface area contributed by atoms with E-state index in [0.717, 1.165) is 122 Å². The Morgan fingerprint density at radius 2 is 0.757 bits per heavy atom. The number of hydrogen-bond acceptors (Lipinski definition) is 4. The Morgan fingerprint density at radius 3 is 1.22 bits per heavy atom. The number of rotatable bonds is 8. The van der Waals surface area contributed by atoms with E-state index < -0.39 is 0 Å². The van der Waals surface area contributed by atoms with E-state index in [-0.39, 0.29) is 5.41 Å². The van der Waals surface area contributed by atoms with E-state index in [4.69, 9.17) is 8.83 Å². The van der Waals surface area contributed by atoms with Gasteiger partial charge in [-0.25, -0.2) is 0 Å². The zero-order chi connectivity index (χ0) is 49.8. The Morgan fingerprint density at radius 1 is 0.324 bits per heavy atom. The van der Waals surface area contributed by atoms with E-state index in [1.807, 2.05) is 0 Å². The number of fused-ring (bicyclic) bond motifs is 6. The maximum absolute atomic E-state index is 7.06. The molecule has 14 rings (SSSR count). The first-order valence-corrected chi connectivity index (χ1v) is 25.7. The third kappa shape index (κ3) is 6.89. The fraction of sp³-hybridized carbons (Fsp3) is 0.0857. The van der Waals surface area contributed by atoms with E-state index in [0.29, 0.717) is 0 Å². The van der Waals surface area contributed by atoms with Gasteiger partial charge in [0.15, 0.2) is 11.2 Å². The molecular weight excluding hydrogens is 901 g/mol. The predicted octanol–water partition coefficient (Wildman–Crippen LogP) is 20.6. The van der Waals surface area contributed by atoms with E-state index in [1.165, 1.54) is 27.1 Å². The van der Waals surface area contributed by atoms with Gasteiger partial charge in [0.25, 0.3) is 0 Å². The van der Waals surface area contributed by atoms with Gasteiger partial charge in [0.05, 0.1) is 34.1 Å². The van der Waals surface area contributed by atoms with Crippen LogP contribution in [0.4, 0.5) is 34.1 Å². The molecule has 0 aliphatic rings. The van der Waals surface area contributed by atoms with Gasteiger partial charge >= 0.3 is 0 Å². The van der Waals surface area contributed by atoms with Crippen LogP contribution in [0.2, 0.25) is 0 Å². The second-order valence-corrected chi connectivity index (χ2v) is 21.0. The van der Waals surface area contributed by atoms with Gasteiger partial charge in [0, 0.05) is 48.8 Å². The summed E-state index contributed by atoms with van der Waals surface area (Å²) in [6.45, 7) is 11.3. The number of furan rings is 2. The van der Waals surface area contributed by atoms with Crippen LogP contribution in [0.5, 0.6) is 0 Å². The topological polar surface area (TPSA) is 32.8 Å². The molecule has 0 spiro atoms. The molecule has 0 aliphatic heterocycles. The first kappa shape index (κ1) is 43.7. The zero-order valence-corrected chi connectivity index (χ0v) is 42.1. The van der Waals surface area contributed by atoms with Crippen LogP contribution < -0.4 is 9.80 Å². The van der Waals surface area contributed by atoms with Crippen molar-refractivity contribution in [3.05, 3.63) is 241 Å². The van der Waals surface area contributed by atoms with Crippen molar-refractivity contribution >= 4 is 110 Å². The molecule has 12 aromatic carbocycles. The van der Waals surface area contributed by atoms with Gasteiger partial charge in [-0.1, -0.05) is 203 Å². The Balaban J connectivity index is 1.19. The molecule has 0 bridgehead atoms. The van der Waals surface area contributed by atoms with E-state index >= 15 is 0 Å². The van der Waals surface area contributed by atoms with Crippen molar-refractivity contribution in [3.63, 3.8) is 0 Å². The molecule has 2 heterocycles. The molecule has 0 fully saturated rings. The number of para-hydroxylation sites is 4.